The smallest absolute Gasteiger partial charge is 0.247 e. The van der Waals surface area contributed by atoms with E-state index in [0.29, 0.717) is 25.5 Å². The van der Waals surface area contributed by atoms with Crippen molar-refractivity contribution < 1.29 is 9.59 Å². The zero-order valence-corrected chi connectivity index (χ0v) is 23.0. The number of carbonyl (C=O) groups excluding carboxylic acids is 2. The highest BCUT2D eigenvalue weighted by molar-refractivity contribution is 5.91. The summed E-state index contributed by atoms with van der Waals surface area (Å²) >= 11 is 0. The molecule has 1 N–H and O–H groups in total. The normalized spacial score (nSPS) is 18.8. The molecule has 2 aliphatic heterocycles. The number of hydrogen-bond acceptors (Lipinski definition) is 4. The number of guanidine groups is 1. The molecule has 2 aromatic rings. The van der Waals surface area contributed by atoms with Gasteiger partial charge in [-0.2, -0.15) is 5.26 Å². The summed E-state index contributed by atoms with van der Waals surface area (Å²) in [5, 5.41) is 12.5. The van der Waals surface area contributed by atoms with Crippen LogP contribution in [0, 0.1) is 11.5 Å². The number of nitrogens with zero attached hydrogens (tertiary/aromatic N) is 5. The van der Waals surface area contributed by atoms with Crippen molar-refractivity contribution in [1.82, 2.24) is 20.0 Å². The maximum atomic E-state index is 13.6. The van der Waals surface area contributed by atoms with Crippen LogP contribution in [-0.4, -0.2) is 70.7 Å². The highest BCUT2D eigenvalue weighted by atomic mass is 16.2. The van der Waals surface area contributed by atoms with Gasteiger partial charge in [0.15, 0.2) is 6.19 Å². The van der Waals surface area contributed by atoms with Gasteiger partial charge < -0.3 is 14.7 Å². The Morgan fingerprint density at radius 2 is 1.67 bits per heavy atom. The standard InChI is InChI=1S/C31H40N6O2/c1-25(17-18-26-12-4-2-5-13-26)37(22-27-14-6-3-7-15-27)31(33-24-32)34-28-16-8-9-21-36(30(28)39)23-29(38)35-19-10-11-20-35/h2-7,12-15,25,28H,8-11,16-23H2,1H3,(H,33,34). The van der Waals surface area contributed by atoms with Gasteiger partial charge in [0.25, 0.3) is 0 Å². The summed E-state index contributed by atoms with van der Waals surface area (Å²) in [7, 11) is 0. The first-order valence-electron chi connectivity index (χ1n) is 14.2. The lowest BCUT2D eigenvalue weighted by Crippen LogP contribution is -2.48. The van der Waals surface area contributed by atoms with Crippen molar-refractivity contribution in [3.63, 3.8) is 0 Å². The third-order valence-corrected chi connectivity index (χ3v) is 7.68. The topological polar surface area (TPSA) is 92.0 Å². The largest absolute Gasteiger partial charge is 0.341 e. The first-order valence-corrected chi connectivity index (χ1v) is 14.2. The van der Waals surface area contributed by atoms with E-state index in [1.165, 1.54) is 5.56 Å². The number of carbonyl (C=O) groups is 2. The van der Waals surface area contributed by atoms with Crippen molar-refractivity contribution in [2.75, 3.05) is 26.2 Å². The van der Waals surface area contributed by atoms with Gasteiger partial charge in [-0.3, -0.25) is 14.9 Å². The van der Waals surface area contributed by atoms with E-state index in [9.17, 15) is 14.9 Å². The molecule has 206 valence electrons. The molecule has 2 fully saturated rings. The minimum Gasteiger partial charge on any atom is -0.341 e. The molecule has 0 spiro atoms. The molecule has 2 unspecified atom stereocenters. The second-order valence-corrected chi connectivity index (χ2v) is 10.5. The Morgan fingerprint density at radius 3 is 2.33 bits per heavy atom. The number of benzene rings is 2. The lowest BCUT2D eigenvalue weighted by Gasteiger charge is -2.32. The minimum atomic E-state index is -0.630. The average molecular weight is 529 g/mol. The summed E-state index contributed by atoms with van der Waals surface area (Å²) in [6.07, 6.45) is 8.13. The van der Waals surface area contributed by atoms with Gasteiger partial charge in [0.2, 0.25) is 17.8 Å². The fraction of sp³-hybridized carbons (Fsp3) is 0.484. The lowest BCUT2D eigenvalue weighted by molar-refractivity contribution is -0.140. The predicted molar refractivity (Wildman–Crippen MR) is 152 cm³/mol. The van der Waals surface area contributed by atoms with E-state index in [-0.39, 0.29) is 24.4 Å². The average Bonchev–Trinajstić information content (AvgIpc) is 3.46. The van der Waals surface area contributed by atoms with Gasteiger partial charge in [-0.1, -0.05) is 60.7 Å². The second-order valence-electron chi connectivity index (χ2n) is 10.5. The summed E-state index contributed by atoms with van der Waals surface area (Å²) in [5.41, 5.74) is 2.36. The zero-order chi connectivity index (χ0) is 27.5. The van der Waals surface area contributed by atoms with Gasteiger partial charge in [-0.15, -0.1) is 0 Å². The third kappa shape index (κ3) is 8.06. The molecule has 39 heavy (non-hydrogen) atoms. The molecule has 2 heterocycles. The maximum absolute atomic E-state index is 13.6. The molecule has 0 saturated carbocycles. The molecule has 2 atom stereocenters. The van der Waals surface area contributed by atoms with E-state index in [4.69, 9.17) is 4.99 Å². The van der Waals surface area contributed by atoms with Gasteiger partial charge in [-0.05, 0) is 63.0 Å². The molecule has 2 amide bonds. The highest BCUT2D eigenvalue weighted by Crippen LogP contribution is 2.19. The van der Waals surface area contributed by atoms with E-state index < -0.39 is 6.04 Å². The van der Waals surface area contributed by atoms with Crippen LogP contribution in [0.4, 0.5) is 0 Å². The molecule has 0 aliphatic carbocycles. The van der Waals surface area contributed by atoms with Gasteiger partial charge in [-0.25, -0.2) is 4.99 Å². The predicted octanol–water partition coefficient (Wildman–Crippen LogP) is 3.94. The Balaban J connectivity index is 1.55. The first kappa shape index (κ1) is 28.2. The van der Waals surface area contributed by atoms with Crippen molar-refractivity contribution in [1.29, 1.82) is 5.26 Å². The number of rotatable bonds is 9. The van der Waals surface area contributed by atoms with Gasteiger partial charge >= 0.3 is 0 Å². The maximum Gasteiger partial charge on any atom is 0.247 e. The van der Waals surface area contributed by atoms with Crippen LogP contribution >= 0.6 is 0 Å². The SMILES string of the molecule is CC(CCc1ccccc1)N(Cc1ccccc1)C(=NC1CCCCN(CC(=O)N2CCCC2)C1=O)NC#N. The van der Waals surface area contributed by atoms with Crippen molar-refractivity contribution in [3.8, 4) is 6.19 Å². The van der Waals surface area contributed by atoms with Crippen LogP contribution in [0.15, 0.2) is 65.7 Å². The monoisotopic (exact) mass is 528 g/mol. The molecule has 8 nitrogen and oxygen atoms in total. The second kappa shape index (κ2) is 14.3. The fourth-order valence-corrected chi connectivity index (χ4v) is 5.36. The molecule has 0 bridgehead atoms. The Morgan fingerprint density at radius 1 is 1.03 bits per heavy atom. The van der Waals surface area contributed by atoms with Crippen LogP contribution < -0.4 is 5.32 Å². The molecule has 2 aliphatic rings. The Kier molecular flexibility index (Phi) is 10.4. The molecular formula is C31H40N6O2. The van der Waals surface area contributed by atoms with Crippen LogP contribution in [-0.2, 0) is 22.6 Å². The summed E-state index contributed by atoms with van der Waals surface area (Å²) in [6.45, 7) is 4.90. The van der Waals surface area contributed by atoms with Crippen molar-refractivity contribution in [2.24, 2.45) is 4.99 Å². The minimum absolute atomic E-state index is 0.0149. The van der Waals surface area contributed by atoms with Crippen LogP contribution in [0.2, 0.25) is 0 Å². The third-order valence-electron chi connectivity index (χ3n) is 7.68. The quantitative estimate of drug-likeness (QED) is 0.230. The molecular weight excluding hydrogens is 488 g/mol. The van der Waals surface area contributed by atoms with Crippen LogP contribution in [0.5, 0.6) is 0 Å². The van der Waals surface area contributed by atoms with Crippen molar-refractivity contribution in [3.05, 3.63) is 71.8 Å². The number of aryl methyl sites for hydroxylation is 1. The number of amides is 2. The van der Waals surface area contributed by atoms with Gasteiger partial charge in [0.05, 0.1) is 6.54 Å². The highest BCUT2D eigenvalue weighted by Gasteiger charge is 2.31. The molecule has 8 heteroatoms. The summed E-state index contributed by atoms with van der Waals surface area (Å²) in [5.74, 6) is 0.294. The van der Waals surface area contributed by atoms with E-state index >= 15 is 0 Å². The van der Waals surface area contributed by atoms with Crippen LogP contribution in [0.25, 0.3) is 0 Å². The number of aliphatic imine (C=N–C) groups is 1. The zero-order valence-electron chi connectivity index (χ0n) is 23.0. The Hall–Kier alpha value is -3.86. The van der Waals surface area contributed by atoms with Crippen molar-refractivity contribution in [2.45, 2.75) is 70.5 Å². The molecule has 2 saturated heterocycles. The molecule has 4 rings (SSSR count). The van der Waals surface area contributed by atoms with Crippen molar-refractivity contribution >= 4 is 17.8 Å². The summed E-state index contributed by atoms with van der Waals surface area (Å²) in [4.78, 5) is 37.0. The Labute approximate surface area is 232 Å². The first-order chi connectivity index (χ1) is 19.0. The van der Waals surface area contributed by atoms with E-state index in [0.717, 1.165) is 57.2 Å². The Bertz CT molecular complexity index is 1140. The number of hydrogen-bond donors (Lipinski definition) is 1. The molecule has 2 aromatic carbocycles. The van der Waals surface area contributed by atoms with Crippen LogP contribution in [0.1, 0.15) is 56.6 Å². The number of likely N-dealkylation sites (tertiary alicyclic amines) is 2. The lowest BCUT2D eigenvalue weighted by atomic mass is 10.0. The van der Waals surface area contributed by atoms with Gasteiger partial charge in [0, 0.05) is 32.2 Å². The van der Waals surface area contributed by atoms with Crippen LogP contribution in [0.3, 0.4) is 0 Å². The van der Waals surface area contributed by atoms with E-state index in [2.05, 4.69) is 47.6 Å². The summed E-state index contributed by atoms with van der Waals surface area (Å²) in [6, 6.07) is 19.9. The fourth-order valence-electron chi connectivity index (χ4n) is 5.36. The van der Waals surface area contributed by atoms with Gasteiger partial charge in [0.1, 0.15) is 6.04 Å². The molecule has 0 aromatic heterocycles. The van der Waals surface area contributed by atoms with E-state index in [1.807, 2.05) is 41.3 Å². The number of nitriles is 1. The molecule has 0 radical (unpaired) electrons. The summed E-state index contributed by atoms with van der Waals surface area (Å²) < 4.78 is 0. The van der Waals surface area contributed by atoms with E-state index in [1.54, 1.807) is 4.90 Å². The number of nitrogens with one attached hydrogen (secondary N) is 1.